The van der Waals surface area contributed by atoms with Crippen molar-refractivity contribution in [2.24, 2.45) is 0 Å². The number of ether oxygens (including phenoxy) is 4. The molecule has 5 aromatic carbocycles. The van der Waals surface area contributed by atoms with Gasteiger partial charge in [0.1, 0.15) is 13.2 Å². The molecule has 0 bridgehead atoms. The van der Waals surface area contributed by atoms with E-state index in [1.54, 1.807) is 36.4 Å². The first kappa shape index (κ1) is 36.2. The van der Waals surface area contributed by atoms with E-state index in [9.17, 15) is 22.6 Å². The molecule has 0 aliphatic carbocycles. The quantitative estimate of drug-likeness (QED) is 0.107. The molecule has 57 heavy (non-hydrogen) atoms. The van der Waals surface area contributed by atoms with Crippen LogP contribution in [-0.4, -0.2) is 63.0 Å². The Hall–Kier alpha value is -6.45. The summed E-state index contributed by atoms with van der Waals surface area (Å²) in [6, 6.07) is 26.1. The van der Waals surface area contributed by atoms with Gasteiger partial charge in [-0.1, -0.05) is 36.4 Å². The number of hydrogen-bond acceptors (Lipinski definition) is 11. The van der Waals surface area contributed by atoms with Crippen molar-refractivity contribution in [3.63, 3.8) is 0 Å². The summed E-state index contributed by atoms with van der Waals surface area (Å²) in [5.74, 6) is 0.789. The monoisotopic (exact) mass is 789 g/mol. The minimum absolute atomic E-state index is 0.0143. The van der Waals surface area contributed by atoms with Crippen molar-refractivity contribution in [1.29, 1.82) is 0 Å². The Morgan fingerprint density at radius 2 is 1.26 bits per heavy atom. The minimum atomic E-state index is -4.66. The first-order valence-electron chi connectivity index (χ1n) is 18.4. The summed E-state index contributed by atoms with van der Waals surface area (Å²) in [5.41, 5.74) is 13.2. The maximum absolute atomic E-state index is 14.0. The fraction of sp³-hybridized carbons (Fsp3) is 0.238. The van der Waals surface area contributed by atoms with Crippen LogP contribution in [0, 0.1) is 0 Å². The second kappa shape index (κ2) is 13.9. The lowest BCUT2D eigenvalue weighted by atomic mass is 10.1. The summed E-state index contributed by atoms with van der Waals surface area (Å²) in [4.78, 5) is 31.2. The summed E-state index contributed by atoms with van der Waals surface area (Å²) < 4.78 is 59.6. The number of amides is 2. The van der Waals surface area contributed by atoms with Gasteiger partial charge >= 0.3 is 0 Å². The Kier molecular flexibility index (Phi) is 8.85. The molecule has 5 aromatic rings. The van der Waals surface area contributed by atoms with Crippen molar-refractivity contribution in [3.8, 4) is 23.0 Å². The van der Waals surface area contributed by atoms with Crippen LogP contribution in [0.4, 0.5) is 28.4 Å². The smallest absolute Gasteiger partial charge is 0.288 e. The Morgan fingerprint density at radius 3 is 1.88 bits per heavy atom. The number of nitrogens with zero attached hydrogens (tertiary/aromatic N) is 2. The molecule has 0 aromatic heterocycles. The summed E-state index contributed by atoms with van der Waals surface area (Å²) in [5, 5.41) is 4.86. The van der Waals surface area contributed by atoms with Crippen molar-refractivity contribution in [2.75, 3.05) is 46.9 Å². The van der Waals surface area contributed by atoms with E-state index in [0.717, 1.165) is 28.8 Å². The summed E-state index contributed by atoms with van der Waals surface area (Å²) in [6.07, 6.45) is 1.00. The molecule has 0 spiro atoms. The van der Waals surface area contributed by atoms with Crippen LogP contribution in [0.15, 0.2) is 91.0 Å². The highest BCUT2D eigenvalue weighted by Gasteiger charge is 2.47. The van der Waals surface area contributed by atoms with E-state index in [2.05, 4.69) is 16.7 Å². The van der Waals surface area contributed by atoms with Gasteiger partial charge in [-0.2, -0.15) is 8.42 Å². The number of nitrogens with one attached hydrogen (secondary N) is 2. The lowest BCUT2D eigenvalue weighted by Gasteiger charge is -2.27. The molecule has 4 aliphatic heterocycles. The van der Waals surface area contributed by atoms with Crippen LogP contribution in [0.2, 0.25) is 0 Å². The SMILES string of the molecule is COc1cc2c(cc1OCc1cc(N)cc(COc3cc4c(cc3OC)C(=O)N3c5ccccc5C[C@H]3C(S(=O)(=O)O)N4)c1)NC[C@@H]1Cc3ccccc3N1C2=O. The summed E-state index contributed by atoms with van der Waals surface area (Å²) in [6.45, 7) is 0.725. The van der Waals surface area contributed by atoms with Crippen molar-refractivity contribution in [3.05, 3.63) is 124 Å². The lowest BCUT2D eigenvalue weighted by Crippen LogP contribution is -2.49. The third-order valence-corrected chi connectivity index (χ3v) is 12.0. The molecule has 2 amide bonds. The standard InChI is InChI=1S/C42H39N5O9S/c1-53-36-16-29-31(44-20-28-14-25-7-3-5-9-33(25)46(28)41(29)48)18-38(36)55-21-23-11-24(13-27(43)12-23)22-56-39-19-32-30(17-37(39)54-2)42(49)47-34-10-6-4-8-26(34)15-35(47)40(45-32)57(50,51)52/h3-13,16-19,28,35,40,44-45H,14-15,20-22,43H2,1-2H3,(H,50,51,52)/t28-,35-,40?/m0/s1. The van der Waals surface area contributed by atoms with Crippen molar-refractivity contribution < 1.29 is 41.5 Å². The highest BCUT2D eigenvalue weighted by atomic mass is 32.2. The molecule has 4 aliphatic rings. The molecule has 14 nitrogen and oxygen atoms in total. The second-order valence-electron chi connectivity index (χ2n) is 14.5. The zero-order chi connectivity index (χ0) is 39.6. The molecule has 292 valence electrons. The van der Waals surface area contributed by atoms with E-state index in [1.807, 2.05) is 41.3 Å². The molecular weight excluding hydrogens is 751 g/mol. The number of methoxy groups -OCH3 is 2. The number of rotatable bonds is 9. The fourth-order valence-corrected chi connectivity index (χ4v) is 9.28. The average Bonchev–Trinajstić information content (AvgIpc) is 3.70. The van der Waals surface area contributed by atoms with Gasteiger partial charge in [0.15, 0.2) is 28.4 Å². The van der Waals surface area contributed by atoms with Crippen molar-refractivity contribution >= 4 is 50.4 Å². The van der Waals surface area contributed by atoms with E-state index >= 15 is 0 Å². The predicted octanol–water partition coefficient (Wildman–Crippen LogP) is 5.65. The molecule has 0 fully saturated rings. The number of nitrogens with two attached hydrogens (primary N) is 1. The van der Waals surface area contributed by atoms with Crippen molar-refractivity contribution in [1.82, 2.24) is 0 Å². The molecule has 0 radical (unpaired) electrons. The molecule has 3 atom stereocenters. The molecule has 0 saturated heterocycles. The van der Waals surface area contributed by atoms with E-state index < -0.39 is 27.4 Å². The molecule has 9 rings (SSSR count). The van der Waals surface area contributed by atoms with Crippen LogP contribution in [-0.2, 0) is 36.2 Å². The van der Waals surface area contributed by atoms with Crippen molar-refractivity contribution in [2.45, 2.75) is 43.5 Å². The number of carbonyl (C=O) groups is 2. The molecule has 1 unspecified atom stereocenters. The van der Waals surface area contributed by atoms with Crippen LogP contribution in [0.1, 0.15) is 43.0 Å². The number of hydrogen-bond donors (Lipinski definition) is 4. The van der Waals surface area contributed by atoms with Gasteiger partial charge in [-0.25, -0.2) is 0 Å². The Balaban J connectivity index is 0.943. The van der Waals surface area contributed by atoms with Crippen LogP contribution in [0.25, 0.3) is 0 Å². The normalized spacial score (nSPS) is 19.0. The highest BCUT2D eigenvalue weighted by molar-refractivity contribution is 7.86. The lowest BCUT2D eigenvalue weighted by molar-refractivity contribution is 0.0974. The predicted molar refractivity (Wildman–Crippen MR) is 214 cm³/mol. The number of nitrogen functional groups attached to an aromatic ring is 1. The van der Waals surface area contributed by atoms with Gasteiger partial charge in [0, 0.05) is 35.7 Å². The maximum Gasteiger partial charge on any atom is 0.288 e. The molecule has 15 heteroatoms. The topological polar surface area (TPSA) is 182 Å². The summed E-state index contributed by atoms with van der Waals surface area (Å²) in [7, 11) is -1.69. The van der Waals surface area contributed by atoms with Gasteiger partial charge < -0.3 is 45.1 Å². The number of anilines is 5. The van der Waals surface area contributed by atoms with Crippen LogP contribution >= 0.6 is 0 Å². The Labute approximate surface area is 328 Å². The van der Waals surface area contributed by atoms with E-state index in [0.29, 0.717) is 46.2 Å². The molecule has 5 N–H and O–H groups in total. The first-order valence-corrected chi connectivity index (χ1v) is 19.9. The molecular formula is C42H39N5O9S. The van der Waals surface area contributed by atoms with E-state index in [1.165, 1.54) is 31.3 Å². The summed E-state index contributed by atoms with van der Waals surface area (Å²) >= 11 is 0. The first-order chi connectivity index (χ1) is 27.5. The Bertz CT molecular complexity index is 2580. The van der Waals surface area contributed by atoms with Gasteiger partial charge in [0.25, 0.3) is 21.9 Å². The molecule has 4 heterocycles. The fourth-order valence-electron chi connectivity index (χ4n) is 8.39. The van der Waals surface area contributed by atoms with Gasteiger partial charge in [0.2, 0.25) is 0 Å². The van der Waals surface area contributed by atoms with Crippen LogP contribution < -0.4 is 45.1 Å². The minimum Gasteiger partial charge on any atom is -0.493 e. The van der Waals surface area contributed by atoms with E-state index in [-0.39, 0.29) is 54.3 Å². The number of para-hydroxylation sites is 2. The second-order valence-corrected chi connectivity index (χ2v) is 16.0. The Morgan fingerprint density at radius 1 is 0.719 bits per heavy atom. The molecule has 0 saturated carbocycles. The van der Waals surface area contributed by atoms with Gasteiger partial charge in [0.05, 0.1) is 48.8 Å². The van der Waals surface area contributed by atoms with Crippen LogP contribution in [0.5, 0.6) is 23.0 Å². The van der Waals surface area contributed by atoms with Crippen LogP contribution in [0.3, 0.4) is 0 Å². The van der Waals surface area contributed by atoms with Gasteiger partial charge in [-0.3, -0.25) is 14.1 Å². The highest BCUT2D eigenvalue weighted by Crippen LogP contribution is 2.44. The average molecular weight is 790 g/mol. The largest absolute Gasteiger partial charge is 0.493 e. The zero-order valence-corrected chi connectivity index (χ0v) is 31.8. The zero-order valence-electron chi connectivity index (χ0n) is 31.0. The number of carbonyl (C=O) groups excluding carboxylic acids is 2. The third kappa shape index (κ3) is 6.38. The third-order valence-electron chi connectivity index (χ3n) is 10.9. The number of fused-ring (bicyclic) bond motifs is 8. The van der Waals surface area contributed by atoms with Gasteiger partial charge in [-0.15, -0.1) is 0 Å². The maximum atomic E-state index is 14.0. The number of benzene rings is 5. The van der Waals surface area contributed by atoms with E-state index in [4.69, 9.17) is 24.7 Å². The van der Waals surface area contributed by atoms with Gasteiger partial charge in [-0.05, 0) is 77.6 Å².